The van der Waals surface area contributed by atoms with Crippen molar-refractivity contribution < 1.29 is 36.3 Å². The molecule has 0 radical (unpaired) electrons. The molecule has 1 N–H and O–H groups in total. The van der Waals surface area contributed by atoms with Crippen molar-refractivity contribution in [2.75, 3.05) is 31.6 Å². The second-order valence-corrected chi connectivity index (χ2v) is 10.2. The van der Waals surface area contributed by atoms with E-state index in [1.807, 2.05) is 0 Å². The lowest BCUT2D eigenvalue weighted by Crippen LogP contribution is -2.40. The summed E-state index contributed by atoms with van der Waals surface area (Å²) < 4.78 is 63.1. The molecular formula is C25H23F2N3O5S2. The summed E-state index contributed by atoms with van der Waals surface area (Å²) in [6, 6.07) is 16.6. The molecular weight excluding hydrogens is 524 g/mol. The third-order valence-corrected chi connectivity index (χ3v) is 7.67. The van der Waals surface area contributed by atoms with Gasteiger partial charge in [-0.3, -0.25) is 0 Å². The number of morpholine rings is 1. The maximum Gasteiger partial charge on any atom is 0.387 e. The van der Waals surface area contributed by atoms with Gasteiger partial charge < -0.3 is 19.9 Å². The highest BCUT2D eigenvalue weighted by molar-refractivity contribution is 7.89. The molecule has 0 saturated carbocycles. The summed E-state index contributed by atoms with van der Waals surface area (Å²) in [6.07, 6.45) is 3.29. The molecule has 1 fully saturated rings. The zero-order valence-corrected chi connectivity index (χ0v) is 21.1. The first-order chi connectivity index (χ1) is 17.8. The summed E-state index contributed by atoms with van der Waals surface area (Å²) in [5.41, 5.74) is 0.806. The van der Waals surface area contributed by atoms with Crippen LogP contribution in [-0.4, -0.2) is 50.6 Å². The highest BCUT2D eigenvalue weighted by Crippen LogP contribution is 2.23. The Hall–Kier alpha value is -3.45. The molecule has 2 heterocycles. The number of anilines is 1. The minimum Gasteiger partial charge on any atom is -0.867 e. The topological polar surface area (TPSA) is 94.8 Å². The van der Waals surface area contributed by atoms with E-state index in [-0.39, 0.29) is 40.0 Å². The van der Waals surface area contributed by atoms with E-state index in [2.05, 4.69) is 10.1 Å². The van der Waals surface area contributed by atoms with Crippen molar-refractivity contribution in [2.24, 2.45) is 0 Å². The Bertz CT molecular complexity index is 1360. The van der Waals surface area contributed by atoms with E-state index in [0.29, 0.717) is 18.9 Å². The Morgan fingerprint density at radius 1 is 1.03 bits per heavy atom. The number of hydrogen-bond acceptors (Lipinski definition) is 6. The van der Waals surface area contributed by atoms with Gasteiger partial charge in [0.2, 0.25) is 15.7 Å². The van der Waals surface area contributed by atoms with Crippen molar-refractivity contribution >= 4 is 44.4 Å². The molecule has 0 aliphatic carbocycles. The third kappa shape index (κ3) is 6.46. The van der Waals surface area contributed by atoms with Crippen molar-refractivity contribution in [1.29, 1.82) is 0 Å². The number of hydrogen-bond donors (Lipinski definition) is 1. The maximum atomic E-state index is 13.4. The van der Waals surface area contributed by atoms with Crippen LogP contribution in [-0.2, 0) is 14.8 Å². The smallest absolute Gasteiger partial charge is 0.387 e. The van der Waals surface area contributed by atoms with Crippen LogP contribution in [0.3, 0.4) is 0 Å². The number of sulfonamides is 1. The SMILES string of the molecule is O=S(=O)(c1ccc(NC(=S)C(=C([O-])c2ccc(OC(F)F)cc2)[n+]2ccccc2)cc1)N1CCOCC1. The molecule has 0 spiro atoms. The number of nitrogens with one attached hydrogen (secondary N) is 1. The van der Waals surface area contributed by atoms with Crippen molar-refractivity contribution in [3.8, 4) is 5.75 Å². The number of aromatic nitrogens is 1. The molecule has 0 amide bonds. The predicted molar refractivity (Wildman–Crippen MR) is 135 cm³/mol. The molecule has 8 nitrogen and oxygen atoms in total. The third-order valence-electron chi connectivity index (χ3n) is 5.47. The first-order valence-corrected chi connectivity index (χ1v) is 13.0. The van der Waals surface area contributed by atoms with Crippen LogP contribution in [0.25, 0.3) is 11.5 Å². The quantitative estimate of drug-likeness (QED) is 0.201. The lowest BCUT2D eigenvalue weighted by Gasteiger charge is -2.26. The number of halogens is 2. The second kappa shape index (κ2) is 11.7. The monoisotopic (exact) mass is 547 g/mol. The van der Waals surface area contributed by atoms with Gasteiger partial charge in [0, 0.05) is 30.9 Å². The molecule has 0 unspecified atom stereocenters. The number of ether oxygens (including phenoxy) is 2. The standard InChI is InChI=1S/C25H23F2N3O5S2/c26-25(27)35-20-8-4-18(5-9-20)23(31)22(29-12-2-1-3-13-29)24(36)28-19-6-10-21(11-7-19)37(32,33)30-14-16-34-17-15-30/h1-13,25H,14-17H2,(H-,28,31,36). The average Bonchev–Trinajstić information content (AvgIpc) is 2.90. The Labute approximate surface area is 218 Å². The summed E-state index contributed by atoms with van der Waals surface area (Å²) in [4.78, 5) is 0.215. The van der Waals surface area contributed by atoms with Crippen LogP contribution in [0.4, 0.5) is 14.5 Å². The molecule has 1 aliphatic heterocycles. The number of thiocarbonyl (C=S) groups is 1. The van der Waals surface area contributed by atoms with Gasteiger partial charge in [-0.05, 0) is 47.7 Å². The van der Waals surface area contributed by atoms with Gasteiger partial charge in [-0.2, -0.15) is 17.7 Å². The lowest BCUT2D eigenvalue weighted by atomic mass is 10.1. The molecule has 1 saturated heterocycles. The van der Waals surface area contributed by atoms with E-state index in [9.17, 15) is 22.3 Å². The number of benzene rings is 2. The van der Waals surface area contributed by atoms with E-state index in [4.69, 9.17) is 17.0 Å². The second-order valence-electron chi connectivity index (χ2n) is 7.86. The fourth-order valence-corrected chi connectivity index (χ4v) is 5.37. The van der Waals surface area contributed by atoms with Gasteiger partial charge in [0.05, 0.1) is 18.1 Å². The van der Waals surface area contributed by atoms with Crippen LogP contribution in [0.2, 0.25) is 0 Å². The van der Waals surface area contributed by atoms with Crippen LogP contribution in [0.5, 0.6) is 5.75 Å². The fourth-order valence-electron chi connectivity index (χ4n) is 3.65. The van der Waals surface area contributed by atoms with Gasteiger partial charge in [-0.1, -0.05) is 30.4 Å². The van der Waals surface area contributed by atoms with Gasteiger partial charge >= 0.3 is 6.61 Å². The average molecular weight is 548 g/mol. The first kappa shape index (κ1) is 26.6. The number of nitrogens with zero attached hydrogens (tertiary/aromatic N) is 2. The van der Waals surface area contributed by atoms with Crippen LogP contribution >= 0.6 is 12.2 Å². The van der Waals surface area contributed by atoms with Gasteiger partial charge in [0.1, 0.15) is 5.75 Å². The first-order valence-electron chi connectivity index (χ1n) is 11.2. The number of pyridine rings is 1. The van der Waals surface area contributed by atoms with Crippen LogP contribution < -0.4 is 19.7 Å². The zero-order valence-electron chi connectivity index (χ0n) is 19.4. The Morgan fingerprint density at radius 2 is 1.65 bits per heavy atom. The molecule has 1 aromatic heterocycles. The Balaban J connectivity index is 1.59. The zero-order chi connectivity index (χ0) is 26.4. The van der Waals surface area contributed by atoms with Gasteiger partial charge in [0.25, 0.3) is 0 Å². The molecule has 37 heavy (non-hydrogen) atoms. The minimum atomic E-state index is -3.66. The van der Waals surface area contributed by atoms with E-state index in [1.165, 1.54) is 40.7 Å². The Morgan fingerprint density at radius 3 is 2.24 bits per heavy atom. The maximum absolute atomic E-state index is 13.4. The van der Waals surface area contributed by atoms with Crippen molar-refractivity contribution in [3.05, 3.63) is 84.7 Å². The molecule has 0 atom stereocenters. The fraction of sp³-hybridized carbons (Fsp3) is 0.200. The van der Waals surface area contributed by atoms with E-state index < -0.39 is 22.4 Å². The highest BCUT2D eigenvalue weighted by atomic mass is 32.2. The molecule has 3 aromatic rings. The minimum absolute atomic E-state index is 0.0757. The number of rotatable bonds is 8. The van der Waals surface area contributed by atoms with E-state index >= 15 is 0 Å². The number of alkyl halides is 2. The normalized spacial score (nSPS) is 15.2. The summed E-state index contributed by atoms with van der Waals surface area (Å²) in [7, 11) is -3.66. The molecule has 194 valence electrons. The molecule has 0 bridgehead atoms. The molecule has 4 rings (SSSR count). The van der Waals surface area contributed by atoms with Gasteiger partial charge in [-0.25, -0.2) is 8.42 Å². The van der Waals surface area contributed by atoms with Crippen LogP contribution in [0.15, 0.2) is 84.0 Å². The summed E-state index contributed by atoms with van der Waals surface area (Å²) in [5, 5.41) is 16.4. The van der Waals surface area contributed by atoms with Crippen molar-refractivity contribution in [3.63, 3.8) is 0 Å². The molecule has 2 aromatic carbocycles. The summed E-state index contributed by atoms with van der Waals surface area (Å²) in [5.74, 6) is -0.530. The summed E-state index contributed by atoms with van der Waals surface area (Å²) in [6.45, 7) is -1.71. The molecule has 12 heteroatoms. The van der Waals surface area contributed by atoms with E-state index in [0.717, 1.165) is 0 Å². The highest BCUT2D eigenvalue weighted by Gasteiger charge is 2.26. The van der Waals surface area contributed by atoms with Crippen molar-refractivity contribution in [1.82, 2.24) is 4.31 Å². The van der Waals surface area contributed by atoms with Crippen LogP contribution in [0, 0.1) is 0 Å². The van der Waals surface area contributed by atoms with Crippen molar-refractivity contribution in [2.45, 2.75) is 11.5 Å². The molecule has 1 aliphatic rings. The van der Waals surface area contributed by atoms with Gasteiger partial charge in [-0.15, -0.1) is 0 Å². The lowest BCUT2D eigenvalue weighted by molar-refractivity contribution is -0.577. The van der Waals surface area contributed by atoms with Crippen LogP contribution in [0.1, 0.15) is 5.56 Å². The van der Waals surface area contributed by atoms with Gasteiger partial charge in [0.15, 0.2) is 17.4 Å². The predicted octanol–water partition coefficient (Wildman–Crippen LogP) is 2.72. The Kier molecular flexibility index (Phi) is 8.44. The largest absolute Gasteiger partial charge is 0.867 e. The summed E-state index contributed by atoms with van der Waals surface area (Å²) >= 11 is 5.55. The van der Waals surface area contributed by atoms with E-state index in [1.54, 1.807) is 47.3 Å².